The molecule has 1 amide bonds. The van der Waals surface area contributed by atoms with Crippen LogP contribution < -0.4 is 0 Å². The van der Waals surface area contributed by atoms with Gasteiger partial charge in [-0.25, -0.2) is 4.98 Å². The van der Waals surface area contributed by atoms with Crippen LogP contribution in [0.15, 0.2) is 12.1 Å². The Bertz CT molecular complexity index is 526. The minimum atomic E-state index is -0.107. The van der Waals surface area contributed by atoms with Crippen LogP contribution in [0.3, 0.4) is 0 Å². The van der Waals surface area contributed by atoms with E-state index < -0.39 is 0 Å². The van der Waals surface area contributed by atoms with Gasteiger partial charge in [0.15, 0.2) is 0 Å². The van der Waals surface area contributed by atoms with Gasteiger partial charge in [0.1, 0.15) is 5.15 Å². The fourth-order valence-corrected chi connectivity index (χ4v) is 2.58. The molecule has 0 N–H and O–H groups in total. The van der Waals surface area contributed by atoms with Crippen molar-refractivity contribution in [3.8, 4) is 6.07 Å². The quantitative estimate of drug-likeness (QED) is 0.779. The van der Waals surface area contributed by atoms with Crippen LogP contribution in [0.1, 0.15) is 23.0 Å². The summed E-state index contributed by atoms with van der Waals surface area (Å²) in [6.07, 6.45) is 0. The molecule has 1 aromatic rings. The van der Waals surface area contributed by atoms with Gasteiger partial charge in [-0.05, 0) is 26.0 Å². The summed E-state index contributed by atoms with van der Waals surface area (Å²) >= 11 is 5.89. The van der Waals surface area contributed by atoms with Crippen LogP contribution in [-0.2, 0) is 0 Å². The summed E-state index contributed by atoms with van der Waals surface area (Å²) in [5, 5.41) is 9.25. The monoisotopic (exact) mass is 292 g/mol. The van der Waals surface area contributed by atoms with Crippen LogP contribution in [0, 0.1) is 18.3 Å². The van der Waals surface area contributed by atoms with E-state index in [1.807, 2.05) is 13.8 Å². The third kappa shape index (κ3) is 3.27. The van der Waals surface area contributed by atoms with Crippen LogP contribution in [0.4, 0.5) is 0 Å². The molecule has 1 fully saturated rings. The number of pyridine rings is 1. The lowest BCUT2D eigenvalue weighted by Gasteiger charge is -2.35. The lowest BCUT2D eigenvalue weighted by molar-refractivity contribution is 0.0615. The SMILES string of the molecule is Cc1cc(C(=O)N2CCN(C(C)C#N)CC2)cc(Cl)n1. The van der Waals surface area contributed by atoms with Crippen molar-refractivity contribution in [3.63, 3.8) is 0 Å². The van der Waals surface area contributed by atoms with E-state index in [9.17, 15) is 4.79 Å². The van der Waals surface area contributed by atoms with Gasteiger partial charge in [0, 0.05) is 37.4 Å². The second kappa shape index (κ2) is 6.21. The van der Waals surface area contributed by atoms with Crippen molar-refractivity contribution >= 4 is 17.5 Å². The van der Waals surface area contributed by atoms with Crippen molar-refractivity contribution in [1.82, 2.24) is 14.8 Å². The summed E-state index contributed by atoms with van der Waals surface area (Å²) in [4.78, 5) is 20.3. The maximum absolute atomic E-state index is 12.4. The average Bonchev–Trinajstić information content (AvgIpc) is 2.45. The van der Waals surface area contributed by atoms with Crippen LogP contribution in [-0.4, -0.2) is 52.9 Å². The van der Waals surface area contributed by atoms with Crippen LogP contribution in [0.5, 0.6) is 0 Å². The van der Waals surface area contributed by atoms with E-state index in [2.05, 4.69) is 16.0 Å². The minimum absolute atomic E-state index is 0.0262. The number of aryl methyl sites for hydroxylation is 1. The number of hydrogen-bond donors (Lipinski definition) is 0. The molecule has 20 heavy (non-hydrogen) atoms. The molecule has 1 aliphatic heterocycles. The Morgan fingerprint density at radius 1 is 1.40 bits per heavy atom. The highest BCUT2D eigenvalue weighted by Gasteiger charge is 2.24. The van der Waals surface area contributed by atoms with Gasteiger partial charge in [-0.1, -0.05) is 11.6 Å². The first-order valence-electron chi connectivity index (χ1n) is 6.58. The zero-order chi connectivity index (χ0) is 14.7. The van der Waals surface area contributed by atoms with Crippen molar-refractivity contribution in [2.24, 2.45) is 0 Å². The number of nitrogens with zero attached hydrogens (tertiary/aromatic N) is 4. The molecule has 0 spiro atoms. The predicted molar refractivity (Wildman–Crippen MR) is 76.5 cm³/mol. The molecule has 1 saturated heterocycles. The molecule has 1 unspecified atom stereocenters. The molecule has 2 heterocycles. The zero-order valence-corrected chi connectivity index (χ0v) is 12.4. The number of hydrogen-bond acceptors (Lipinski definition) is 4. The Morgan fingerprint density at radius 2 is 2.05 bits per heavy atom. The number of piperazine rings is 1. The molecule has 1 aliphatic rings. The first-order chi connectivity index (χ1) is 9.51. The second-order valence-corrected chi connectivity index (χ2v) is 5.34. The summed E-state index contributed by atoms with van der Waals surface area (Å²) in [7, 11) is 0. The Kier molecular flexibility index (Phi) is 4.58. The molecular formula is C14H17ClN4O. The zero-order valence-electron chi connectivity index (χ0n) is 11.6. The fourth-order valence-electron chi connectivity index (χ4n) is 2.33. The van der Waals surface area contributed by atoms with Crippen LogP contribution in [0.25, 0.3) is 0 Å². The Balaban J connectivity index is 2.03. The number of aromatic nitrogens is 1. The third-order valence-corrected chi connectivity index (χ3v) is 3.70. The van der Waals surface area contributed by atoms with Gasteiger partial charge in [-0.15, -0.1) is 0 Å². The Morgan fingerprint density at radius 3 is 2.60 bits per heavy atom. The van der Waals surface area contributed by atoms with Gasteiger partial charge in [0.05, 0.1) is 12.1 Å². The molecule has 0 saturated carbocycles. The largest absolute Gasteiger partial charge is 0.336 e. The first-order valence-corrected chi connectivity index (χ1v) is 6.96. The second-order valence-electron chi connectivity index (χ2n) is 4.95. The van der Waals surface area contributed by atoms with Crippen molar-refractivity contribution in [2.45, 2.75) is 19.9 Å². The van der Waals surface area contributed by atoms with E-state index in [-0.39, 0.29) is 11.9 Å². The molecular weight excluding hydrogens is 276 g/mol. The average molecular weight is 293 g/mol. The number of carbonyl (C=O) groups excluding carboxylic acids is 1. The standard InChI is InChI=1S/C14H17ClN4O/c1-10-7-12(8-13(15)17-10)14(20)19-5-3-18(4-6-19)11(2)9-16/h7-8,11H,3-6H2,1-2H3. The number of rotatable bonds is 2. The van der Waals surface area contributed by atoms with Gasteiger partial charge in [-0.2, -0.15) is 5.26 Å². The van der Waals surface area contributed by atoms with E-state index in [1.54, 1.807) is 17.0 Å². The van der Waals surface area contributed by atoms with Gasteiger partial charge in [-0.3, -0.25) is 9.69 Å². The number of amides is 1. The summed E-state index contributed by atoms with van der Waals surface area (Å²) < 4.78 is 0. The lowest BCUT2D eigenvalue weighted by atomic mass is 10.1. The Labute approximate surface area is 123 Å². The highest BCUT2D eigenvalue weighted by Crippen LogP contribution is 2.14. The topological polar surface area (TPSA) is 60.2 Å². The van der Waals surface area contributed by atoms with Crippen molar-refractivity contribution in [3.05, 3.63) is 28.5 Å². The van der Waals surface area contributed by atoms with E-state index in [1.165, 1.54) is 0 Å². The van der Waals surface area contributed by atoms with Gasteiger partial charge in [0.25, 0.3) is 5.91 Å². The molecule has 1 aromatic heterocycles. The maximum Gasteiger partial charge on any atom is 0.254 e. The predicted octanol–water partition coefficient (Wildman–Crippen LogP) is 1.71. The molecule has 0 aliphatic carbocycles. The van der Waals surface area contributed by atoms with Gasteiger partial charge in [0.2, 0.25) is 0 Å². The molecule has 2 rings (SSSR count). The lowest BCUT2D eigenvalue weighted by Crippen LogP contribution is -2.51. The summed E-state index contributed by atoms with van der Waals surface area (Å²) in [6.45, 7) is 6.39. The molecule has 106 valence electrons. The molecule has 5 nitrogen and oxygen atoms in total. The maximum atomic E-state index is 12.4. The summed E-state index contributed by atoms with van der Waals surface area (Å²) in [5.74, 6) is -0.0262. The van der Waals surface area contributed by atoms with E-state index in [0.717, 1.165) is 18.8 Å². The molecule has 0 aromatic carbocycles. The van der Waals surface area contributed by atoms with E-state index in [4.69, 9.17) is 16.9 Å². The van der Waals surface area contributed by atoms with Crippen molar-refractivity contribution in [2.75, 3.05) is 26.2 Å². The molecule has 0 radical (unpaired) electrons. The van der Waals surface area contributed by atoms with Gasteiger partial charge < -0.3 is 4.90 Å². The number of halogens is 1. The normalized spacial score (nSPS) is 17.6. The smallest absolute Gasteiger partial charge is 0.254 e. The van der Waals surface area contributed by atoms with E-state index >= 15 is 0 Å². The molecule has 6 heteroatoms. The Hall–Kier alpha value is -1.64. The number of nitriles is 1. The molecule has 0 bridgehead atoms. The van der Waals surface area contributed by atoms with Crippen LogP contribution in [0.2, 0.25) is 5.15 Å². The van der Waals surface area contributed by atoms with Crippen molar-refractivity contribution in [1.29, 1.82) is 5.26 Å². The summed E-state index contributed by atoms with van der Waals surface area (Å²) in [6, 6.07) is 5.46. The number of carbonyl (C=O) groups is 1. The highest BCUT2D eigenvalue weighted by atomic mass is 35.5. The van der Waals surface area contributed by atoms with Gasteiger partial charge >= 0.3 is 0 Å². The summed E-state index contributed by atoms with van der Waals surface area (Å²) in [5.41, 5.74) is 1.31. The third-order valence-electron chi connectivity index (χ3n) is 3.51. The van der Waals surface area contributed by atoms with Crippen molar-refractivity contribution < 1.29 is 4.79 Å². The van der Waals surface area contributed by atoms with Crippen LogP contribution >= 0.6 is 11.6 Å². The fraction of sp³-hybridized carbons (Fsp3) is 0.500. The first kappa shape index (κ1) is 14.8. The van der Waals surface area contributed by atoms with E-state index in [0.29, 0.717) is 23.8 Å². The highest BCUT2D eigenvalue weighted by molar-refractivity contribution is 6.29. The minimum Gasteiger partial charge on any atom is -0.336 e. The molecule has 1 atom stereocenters.